The number of amides is 2. The highest BCUT2D eigenvalue weighted by Crippen LogP contribution is 2.23. The number of benzene rings is 2. The molecule has 0 aromatic heterocycles. The minimum Gasteiger partial charge on any atom is -0.379 e. The van der Waals surface area contributed by atoms with Gasteiger partial charge >= 0.3 is 0 Å². The molecule has 0 radical (unpaired) electrons. The fourth-order valence-electron chi connectivity index (χ4n) is 3.35. The smallest absolute Gasteiger partial charge is 0.292 e. The van der Waals surface area contributed by atoms with E-state index in [4.69, 9.17) is 0 Å². The highest BCUT2D eigenvalue weighted by atomic mass is 16.6. The standard InChI is InChI=1S/C21H24N4O4/c26-20(12-13-22-18-10-4-5-11-19(18)25(28)29)23-17-9-3-2-8-16(17)21(27)24-14-6-1-7-15-24/h2-5,8-11,22H,1,6-7,12-15H2,(H,23,26). The number of carbonyl (C=O) groups is 2. The fourth-order valence-corrected chi connectivity index (χ4v) is 3.35. The Morgan fingerprint density at radius 3 is 2.34 bits per heavy atom. The van der Waals surface area contributed by atoms with Crippen molar-refractivity contribution in [1.29, 1.82) is 0 Å². The monoisotopic (exact) mass is 396 g/mol. The van der Waals surface area contributed by atoms with Crippen LogP contribution >= 0.6 is 0 Å². The number of nitro groups is 1. The average molecular weight is 396 g/mol. The van der Waals surface area contributed by atoms with E-state index < -0.39 is 4.92 Å². The van der Waals surface area contributed by atoms with Gasteiger partial charge in [-0.05, 0) is 37.5 Å². The summed E-state index contributed by atoms with van der Waals surface area (Å²) in [5.74, 6) is -0.339. The van der Waals surface area contributed by atoms with Crippen LogP contribution in [-0.4, -0.2) is 41.3 Å². The van der Waals surface area contributed by atoms with Crippen molar-refractivity contribution in [3.63, 3.8) is 0 Å². The molecule has 3 rings (SSSR count). The zero-order valence-electron chi connectivity index (χ0n) is 16.1. The van der Waals surface area contributed by atoms with Gasteiger partial charge in [0.25, 0.3) is 11.6 Å². The van der Waals surface area contributed by atoms with Gasteiger partial charge in [0.1, 0.15) is 5.69 Å². The number of anilines is 2. The van der Waals surface area contributed by atoms with Crippen molar-refractivity contribution in [1.82, 2.24) is 4.90 Å². The number of nitrogens with zero attached hydrogens (tertiary/aromatic N) is 2. The number of nitro benzene ring substituents is 1. The van der Waals surface area contributed by atoms with Crippen LogP contribution in [0.2, 0.25) is 0 Å². The molecule has 0 atom stereocenters. The number of piperidine rings is 1. The van der Waals surface area contributed by atoms with Gasteiger partial charge in [-0.2, -0.15) is 0 Å². The first-order valence-electron chi connectivity index (χ1n) is 9.71. The normalized spacial score (nSPS) is 13.6. The third kappa shape index (κ3) is 5.31. The molecule has 1 heterocycles. The summed E-state index contributed by atoms with van der Waals surface area (Å²) >= 11 is 0. The molecule has 0 unspecified atom stereocenters. The van der Waals surface area contributed by atoms with Crippen molar-refractivity contribution in [3.05, 3.63) is 64.2 Å². The summed E-state index contributed by atoms with van der Waals surface area (Å²) in [5.41, 5.74) is 1.30. The van der Waals surface area contributed by atoms with Gasteiger partial charge in [0, 0.05) is 32.1 Å². The first kappa shape index (κ1) is 20.3. The van der Waals surface area contributed by atoms with E-state index in [-0.39, 0.29) is 30.5 Å². The molecule has 0 saturated carbocycles. The van der Waals surface area contributed by atoms with Crippen LogP contribution in [0, 0.1) is 10.1 Å². The van der Waals surface area contributed by atoms with Crippen LogP contribution in [0.25, 0.3) is 0 Å². The maximum atomic E-state index is 12.8. The van der Waals surface area contributed by atoms with Crippen LogP contribution in [0.1, 0.15) is 36.0 Å². The van der Waals surface area contributed by atoms with E-state index in [1.54, 1.807) is 42.5 Å². The average Bonchev–Trinajstić information content (AvgIpc) is 2.74. The highest BCUT2D eigenvalue weighted by molar-refractivity contribution is 6.03. The highest BCUT2D eigenvalue weighted by Gasteiger charge is 2.21. The molecule has 8 heteroatoms. The van der Waals surface area contributed by atoms with Crippen LogP contribution in [0.3, 0.4) is 0 Å². The van der Waals surface area contributed by atoms with E-state index in [0.717, 1.165) is 32.4 Å². The minimum absolute atomic E-state index is 0.0367. The number of nitrogens with one attached hydrogen (secondary N) is 2. The molecule has 29 heavy (non-hydrogen) atoms. The molecule has 1 aliphatic rings. The van der Waals surface area contributed by atoms with Gasteiger partial charge in [-0.1, -0.05) is 24.3 Å². The molecule has 2 aromatic carbocycles. The molecule has 1 fully saturated rings. The SMILES string of the molecule is O=C(CCNc1ccccc1[N+](=O)[O-])Nc1ccccc1C(=O)N1CCCCC1. The summed E-state index contributed by atoms with van der Waals surface area (Å²) in [7, 11) is 0. The number of rotatable bonds is 7. The summed E-state index contributed by atoms with van der Waals surface area (Å²) in [6, 6.07) is 13.3. The summed E-state index contributed by atoms with van der Waals surface area (Å²) in [4.78, 5) is 37.6. The van der Waals surface area contributed by atoms with Crippen LogP contribution in [-0.2, 0) is 4.79 Å². The maximum absolute atomic E-state index is 12.8. The molecule has 2 N–H and O–H groups in total. The molecule has 152 valence electrons. The Morgan fingerprint density at radius 1 is 0.966 bits per heavy atom. The number of para-hydroxylation sites is 3. The lowest BCUT2D eigenvalue weighted by atomic mass is 10.1. The predicted octanol–water partition coefficient (Wildman–Crippen LogP) is 3.66. The van der Waals surface area contributed by atoms with Crippen molar-refractivity contribution < 1.29 is 14.5 Å². The Bertz CT molecular complexity index is 894. The van der Waals surface area contributed by atoms with Gasteiger partial charge in [-0.15, -0.1) is 0 Å². The van der Waals surface area contributed by atoms with Gasteiger partial charge in [-0.3, -0.25) is 19.7 Å². The predicted molar refractivity (Wildman–Crippen MR) is 111 cm³/mol. The fraction of sp³-hybridized carbons (Fsp3) is 0.333. The first-order valence-corrected chi connectivity index (χ1v) is 9.71. The number of carbonyl (C=O) groups excluding carboxylic acids is 2. The quantitative estimate of drug-likeness (QED) is 0.549. The second-order valence-electron chi connectivity index (χ2n) is 6.90. The lowest BCUT2D eigenvalue weighted by molar-refractivity contribution is -0.384. The summed E-state index contributed by atoms with van der Waals surface area (Å²) in [6.45, 7) is 1.71. The van der Waals surface area contributed by atoms with Crippen LogP contribution in [0.15, 0.2) is 48.5 Å². The topological polar surface area (TPSA) is 105 Å². The molecular weight excluding hydrogens is 372 g/mol. The second-order valence-corrected chi connectivity index (χ2v) is 6.90. The van der Waals surface area contributed by atoms with Crippen LogP contribution in [0.4, 0.5) is 17.1 Å². The van der Waals surface area contributed by atoms with Gasteiger partial charge in [0.05, 0.1) is 16.2 Å². The molecule has 2 aromatic rings. The van der Waals surface area contributed by atoms with Crippen molar-refractivity contribution in [2.75, 3.05) is 30.3 Å². The van der Waals surface area contributed by atoms with Gasteiger partial charge in [0.2, 0.25) is 5.91 Å². The Kier molecular flexibility index (Phi) is 6.78. The van der Waals surface area contributed by atoms with E-state index in [0.29, 0.717) is 16.9 Å². The van der Waals surface area contributed by atoms with Crippen molar-refractivity contribution in [2.45, 2.75) is 25.7 Å². The Morgan fingerprint density at radius 2 is 1.62 bits per heavy atom. The van der Waals surface area contributed by atoms with Gasteiger partial charge in [-0.25, -0.2) is 0 Å². The van der Waals surface area contributed by atoms with Crippen molar-refractivity contribution >= 4 is 28.9 Å². The van der Waals surface area contributed by atoms with E-state index >= 15 is 0 Å². The maximum Gasteiger partial charge on any atom is 0.292 e. The Labute approximate surface area is 169 Å². The molecule has 0 spiro atoms. The van der Waals surface area contributed by atoms with Crippen molar-refractivity contribution in [2.24, 2.45) is 0 Å². The van der Waals surface area contributed by atoms with Crippen LogP contribution in [0.5, 0.6) is 0 Å². The second kappa shape index (κ2) is 9.68. The van der Waals surface area contributed by atoms with E-state index in [1.807, 2.05) is 4.90 Å². The van der Waals surface area contributed by atoms with E-state index in [2.05, 4.69) is 10.6 Å². The van der Waals surface area contributed by atoms with E-state index in [1.165, 1.54) is 6.07 Å². The molecule has 8 nitrogen and oxygen atoms in total. The van der Waals surface area contributed by atoms with Crippen LogP contribution < -0.4 is 10.6 Å². The first-order chi connectivity index (χ1) is 14.1. The Balaban J connectivity index is 1.59. The Hall–Kier alpha value is -3.42. The zero-order valence-corrected chi connectivity index (χ0v) is 16.1. The molecule has 2 amide bonds. The third-order valence-electron chi connectivity index (χ3n) is 4.84. The lowest BCUT2D eigenvalue weighted by Gasteiger charge is -2.27. The molecule has 1 saturated heterocycles. The third-order valence-corrected chi connectivity index (χ3v) is 4.84. The summed E-state index contributed by atoms with van der Waals surface area (Å²) < 4.78 is 0. The summed E-state index contributed by atoms with van der Waals surface area (Å²) in [5, 5.41) is 16.8. The number of hydrogen-bond donors (Lipinski definition) is 2. The zero-order chi connectivity index (χ0) is 20.6. The lowest BCUT2D eigenvalue weighted by Crippen LogP contribution is -2.36. The van der Waals surface area contributed by atoms with E-state index in [9.17, 15) is 19.7 Å². The van der Waals surface area contributed by atoms with Gasteiger partial charge in [0.15, 0.2) is 0 Å². The summed E-state index contributed by atoms with van der Waals surface area (Å²) in [6.07, 6.45) is 3.24. The molecule has 1 aliphatic heterocycles. The number of hydrogen-bond acceptors (Lipinski definition) is 5. The molecule has 0 aliphatic carbocycles. The minimum atomic E-state index is -0.467. The van der Waals surface area contributed by atoms with Crippen molar-refractivity contribution in [3.8, 4) is 0 Å². The van der Waals surface area contributed by atoms with Gasteiger partial charge < -0.3 is 15.5 Å². The molecule has 0 bridgehead atoms. The molecular formula is C21H24N4O4. The number of likely N-dealkylation sites (tertiary alicyclic amines) is 1. The largest absolute Gasteiger partial charge is 0.379 e.